The second-order valence-electron chi connectivity index (χ2n) is 3.87. The van der Waals surface area contributed by atoms with Gasteiger partial charge < -0.3 is 4.74 Å². The number of nitrogens with zero attached hydrogens (tertiary/aromatic N) is 1. The van der Waals surface area contributed by atoms with Gasteiger partial charge >= 0.3 is 5.97 Å². The first-order chi connectivity index (χ1) is 7.49. The highest BCUT2D eigenvalue weighted by Gasteiger charge is 2.14. The number of rotatable bonds is 5. The van der Waals surface area contributed by atoms with E-state index < -0.39 is 19.0 Å². The molecule has 0 aliphatic heterocycles. The van der Waals surface area contributed by atoms with Crippen molar-refractivity contribution in [2.45, 2.75) is 26.7 Å². The van der Waals surface area contributed by atoms with Crippen LogP contribution in [0.3, 0.4) is 0 Å². The summed E-state index contributed by atoms with van der Waals surface area (Å²) < 4.78 is 27.9. The average molecular weight is 232 g/mol. The molecule has 0 bridgehead atoms. The molecule has 0 aromatic carbocycles. The fraction of sp³-hybridized carbons (Fsp3) is 0.600. The number of halogens is 2. The van der Waals surface area contributed by atoms with E-state index in [1.165, 1.54) is 6.07 Å². The molecule has 0 radical (unpaired) electrons. The summed E-state index contributed by atoms with van der Waals surface area (Å²) in [4.78, 5) is 11.2. The van der Waals surface area contributed by atoms with Gasteiger partial charge in [-0.05, 0) is 18.4 Å². The first-order valence-electron chi connectivity index (χ1n) is 4.98. The van der Waals surface area contributed by atoms with Crippen molar-refractivity contribution >= 4 is 5.97 Å². The lowest BCUT2D eigenvalue weighted by molar-refractivity contribution is 0.0154. The number of nitrogens with one attached hydrogen (secondary N) is 1. The number of ether oxygens (including phenoxy) is 1. The number of carbonyl (C=O) groups is 1. The molecule has 16 heavy (non-hydrogen) atoms. The molecule has 0 unspecified atom stereocenters. The van der Waals surface area contributed by atoms with Crippen molar-refractivity contribution < 1.29 is 18.3 Å². The quantitative estimate of drug-likeness (QED) is 0.790. The van der Waals surface area contributed by atoms with Crippen molar-refractivity contribution in [2.24, 2.45) is 5.92 Å². The van der Waals surface area contributed by atoms with Crippen LogP contribution in [0, 0.1) is 5.92 Å². The summed E-state index contributed by atoms with van der Waals surface area (Å²) in [5.41, 5.74) is 0.829. The number of carbonyl (C=O) groups excluding carboxylic acids is 1. The molecular weight excluding hydrogens is 218 g/mol. The lowest BCUT2D eigenvalue weighted by Gasteiger charge is -2.00. The average Bonchev–Trinajstić information content (AvgIpc) is 2.61. The summed E-state index contributed by atoms with van der Waals surface area (Å²) in [6, 6.07) is 1.52. The van der Waals surface area contributed by atoms with Crippen LogP contribution in [0.4, 0.5) is 8.78 Å². The Bertz CT molecular complexity index is 350. The smallest absolute Gasteiger partial charge is 0.359 e. The zero-order valence-electron chi connectivity index (χ0n) is 9.17. The van der Waals surface area contributed by atoms with Crippen LogP contribution in [0.15, 0.2) is 6.07 Å². The van der Waals surface area contributed by atoms with Crippen molar-refractivity contribution in [1.82, 2.24) is 10.2 Å². The molecule has 0 aliphatic carbocycles. The first-order valence-corrected chi connectivity index (χ1v) is 4.98. The van der Waals surface area contributed by atoms with Gasteiger partial charge in [0.15, 0.2) is 12.3 Å². The maximum atomic E-state index is 11.8. The number of esters is 1. The van der Waals surface area contributed by atoms with Gasteiger partial charge in [0.1, 0.15) is 0 Å². The first kappa shape index (κ1) is 12.6. The third-order valence-corrected chi connectivity index (χ3v) is 1.81. The van der Waals surface area contributed by atoms with E-state index in [9.17, 15) is 13.6 Å². The zero-order valence-corrected chi connectivity index (χ0v) is 9.17. The molecule has 0 atom stereocenters. The maximum absolute atomic E-state index is 11.8. The SMILES string of the molecule is CC(C)Cc1cc(C(=O)OCC(F)F)n[nH]1. The van der Waals surface area contributed by atoms with E-state index in [4.69, 9.17) is 0 Å². The predicted octanol–water partition coefficient (Wildman–Crippen LogP) is 2.03. The molecular formula is C10H14F2N2O2. The summed E-state index contributed by atoms with van der Waals surface area (Å²) in [5.74, 6) is -0.406. The van der Waals surface area contributed by atoms with E-state index in [1.54, 1.807) is 0 Å². The number of hydrogen-bond donors (Lipinski definition) is 1. The van der Waals surface area contributed by atoms with E-state index in [-0.39, 0.29) is 5.69 Å². The Balaban J connectivity index is 2.53. The Hall–Kier alpha value is -1.46. The van der Waals surface area contributed by atoms with Gasteiger partial charge in [0, 0.05) is 5.69 Å². The van der Waals surface area contributed by atoms with Crippen LogP contribution in [0.2, 0.25) is 0 Å². The molecule has 0 saturated carbocycles. The van der Waals surface area contributed by atoms with E-state index in [1.807, 2.05) is 13.8 Å². The molecule has 1 N–H and O–H groups in total. The molecule has 1 rings (SSSR count). The molecule has 0 fully saturated rings. The molecule has 0 saturated heterocycles. The summed E-state index contributed by atoms with van der Waals surface area (Å²) in [6.07, 6.45) is -1.91. The summed E-state index contributed by atoms with van der Waals surface area (Å²) in [6.45, 7) is 3.15. The number of aromatic amines is 1. The molecule has 1 heterocycles. The van der Waals surface area contributed by atoms with E-state index in [0.717, 1.165) is 12.1 Å². The lowest BCUT2D eigenvalue weighted by Crippen LogP contribution is -2.11. The van der Waals surface area contributed by atoms with Crippen LogP contribution in [0.25, 0.3) is 0 Å². The van der Waals surface area contributed by atoms with Crippen LogP contribution in [-0.4, -0.2) is 29.2 Å². The second kappa shape index (κ2) is 5.58. The van der Waals surface area contributed by atoms with Crippen LogP contribution in [0.5, 0.6) is 0 Å². The third kappa shape index (κ3) is 3.96. The summed E-state index contributed by atoms with van der Waals surface area (Å²) in [7, 11) is 0. The largest absolute Gasteiger partial charge is 0.455 e. The van der Waals surface area contributed by atoms with Crippen LogP contribution in [0.1, 0.15) is 30.0 Å². The highest BCUT2D eigenvalue weighted by molar-refractivity contribution is 5.87. The highest BCUT2D eigenvalue weighted by atomic mass is 19.3. The van der Waals surface area contributed by atoms with Gasteiger partial charge in [0.25, 0.3) is 6.43 Å². The number of H-pyrrole nitrogens is 1. The van der Waals surface area contributed by atoms with Gasteiger partial charge in [-0.25, -0.2) is 13.6 Å². The van der Waals surface area contributed by atoms with Gasteiger partial charge in [0.2, 0.25) is 0 Å². The topological polar surface area (TPSA) is 55.0 Å². The van der Waals surface area contributed by atoms with Crippen LogP contribution >= 0.6 is 0 Å². The lowest BCUT2D eigenvalue weighted by atomic mass is 10.1. The van der Waals surface area contributed by atoms with Gasteiger partial charge in [0.05, 0.1) is 0 Å². The molecule has 4 nitrogen and oxygen atoms in total. The van der Waals surface area contributed by atoms with Crippen molar-refractivity contribution in [3.05, 3.63) is 17.5 Å². The molecule has 90 valence electrons. The van der Waals surface area contributed by atoms with Gasteiger partial charge in [-0.3, -0.25) is 5.10 Å². The minimum Gasteiger partial charge on any atom is -0.455 e. The van der Waals surface area contributed by atoms with Crippen molar-refractivity contribution in [2.75, 3.05) is 6.61 Å². The highest BCUT2D eigenvalue weighted by Crippen LogP contribution is 2.08. The fourth-order valence-electron chi connectivity index (χ4n) is 1.22. The Morgan fingerprint density at radius 2 is 2.25 bits per heavy atom. The summed E-state index contributed by atoms with van der Waals surface area (Å²) >= 11 is 0. The van der Waals surface area contributed by atoms with Gasteiger partial charge in [-0.2, -0.15) is 5.10 Å². The fourth-order valence-corrected chi connectivity index (χ4v) is 1.22. The maximum Gasteiger partial charge on any atom is 0.359 e. The minimum absolute atomic E-state index is 0.0382. The minimum atomic E-state index is -2.65. The van der Waals surface area contributed by atoms with Gasteiger partial charge in [-0.1, -0.05) is 13.8 Å². The second-order valence-corrected chi connectivity index (χ2v) is 3.87. The number of hydrogen-bond acceptors (Lipinski definition) is 3. The van der Waals surface area contributed by atoms with Crippen LogP contribution in [-0.2, 0) is 11.2 Å². The predicted molar refractivity (Wildman–Crippen MR) is 53.4 cm³/mol. The molecule has 0 aliphatic rings. The molecule has 0 amide bonds. The third-order valence-electron chi connectivity index (χ3n) is 1.81. The van der Waals surface area contributed by atoms with Crippen LogP contribution < -0.4 is 0 Å². The molecule has 0 spiro atoms. The molecule has 1 aromatic heterocycles. The molecule has 6 heteroatoms. The number of alkyl halides is 2. The summed E-state index contributed by atoms with van der Waals surface area (Å²) in [5, 5.41) is 6.37. The van der Waals surface area contributed by atoms with E-state index >= 15 is 0 Å². The monoisotopic (exact) mass is 232 g/mol. The van der Waals surface area contributed by atoms with Gasteiger partial charge in [-0.15, -0.1) is 0 Å². The normalized spacial score (nSPS) is 11.1. The number of aromatic nitrogens is 2. The van der Waals surface area contributed by atoms with E-state index in [0.29, 0.717) is 5.92 Å². The Morgan fingerprint density at radius 3 is 2.81 bits per heavy atom. The molecule has 1 aromatic rings. The van der Waals surface area contributed by atoms with Crippen molar-refractivity contribution in [3.63, 3.8) is 0 Å². The Kier molecular flexibility index (Phi) is 4.39. The van der Waals surface area contributed by atoms with Crippen molar-refractivity contribution in [1.29, 1.82) is 0 Å². The zero-order chi connectivity index (χ0) is 12.1. The Labute approximate surface area is 92.0 Å². The van der Waals surface area contributed by atoms with E-state index in [2.05, 4.69) is 14.9 Å². The Morgan fingerprint density at radius 1 is 1.56 bits per heavy atom. The standard InChI is InChI=1S/C10H14F2N2O2/c1-6(2)3-7-4-8(14-13-7)10(15)16-5-9(11)12/h4,6,9H,3,5H2,1-2H3,(H,13,14). The van der Waals surface area contributed by atoms with Crippen molar-refractivity contribution in [3.8, 4) is 0 Å².